The Balaban J connectivity index is -0.00000000333. The Morgan fingerprint density at radius 2 is 0.714 bits per heavy atom. The van der Waals surface area contributed by atoms with Crippen molar-refractivity contribution in [2.24, 2.45) is 0 Å². The van der Waals surface area contributed by atoms with E-state index < -0.39 is 17.0 Å². The summed E-state index contributed by atoms with van der Waals surface area (Å²) in [7, 11) is 9.78. The van der Waals surface area contributed by atoms with E-state index in [-0.39, 0.29) is 29.7 Å². The molecule has 7 heavy (non-hydrogen) atoms. The van der Waals surface area contributed by atoms with Crippen LogP contribution in [0.3, 0.4) is 0 Å². The van der Waals surface area contributed by atoms with Crippen molar-refractivity contribution in [3.05, 3.63) is 29.7 Å². The van der Waals surface area contributed by atoms with Gasteiger partial charge in [0.05, 0.1) is 0 Å². The summed E-state index contributed by atoms with van der Waals surface area (Å²) in [5.41, 5.74) is 0. The van der Waals surface area contributed by atoms with Crippen LogP contribution in [-0.2, 0) is 17.0 Å². The monoisotopic (exact) mass is 178 g/mol. The third-order valence-corrected chi connectivity index (χ3v) is 0. The molecule has 0 aromatic heterocycles. The van der Waals surface area contributed by atoms with E-state index in [9.17, 15) is 0 Å². The second kappa shape index (κ2) is 54.9. The third-order valence-electron chi connectivity index (χ3n) is 0. The number of halogens is 2. The van der Waals surface area contributed by atoms with Crippen LogP contribution in [0.5, 0.6) is 0 Å². The molecule has 0 N–H and O–H groups in total. The zero-order valence-electron chi connectivity index (χ0n) is 5.26. The molecule has 0 heterocycles. The summed E-state index contributed by atoms with van der Waals surface area (Å²) in [6.45, 7) is 0. The van der Waals surface area contributed by atoms with Crippen molar-refractivity contribution >= 4 is 18.6 Å². The normalized spacial score (nSPS) is 3.14. The number of hydrogen-bond acceptors (Lipinski definition) is 0. The second-order valence-corrected chi connectivity index (χ2v) is 2.65. The second-order valence-electron chi connectivity index (χ2n) is 0.0714. The average molecular weight is 179 g/mol. The molecular weight excluding hydrogens is 167 g/mol. The van der Waals surface area contributed by atoms with E-state index in [0.29, 0.717) is 0 Å². The first-order chi connectivity index (χ1) is 1.41. The molecule has 0 aliphatic heterocycles. The molecule has 0 aromatic rings. The van der Waals surface area contributed by atoms with Crippen LogP contribution in [-0.4, -0.2) is 0 Å². The zero-order valence-corrected chi connectivity index (χ0v) is 8.33. The van der Waals surface area contributed by atoms with Gasteiger partial charge in [-0.15, -0.1) is 0 Å². The van der Waals surface area contributed by atoms with Gasteiger partial charge in [-0.1, -0.05) is 0 Å². The van der Waals surface area contributed by atoms with E-state index in [2.05, 4.69) is 0 Å². The Kier molecular flexibility index (Phi) is 319. The maximum absolute atomic E-state index is 4.89. The van der Waals surface area contributed by atoms with Crippen LogP contribution < -0.4 is 0 Å². The Morgan fingerprint density at radius 1 is 0.714 bits per heavy atom. The molecule has 0 saturated carbocycles. The molecule has 0 unspecified atom stereocenters. The van der Waals surface area contributed by atoms with Crippen LogP contribution in [0.2, 0.25) is 0 Å². The molecule has 0 amide bonds. The van der Waals surface area contributed by atoms with E-state index in [1.165, 1.54) is 0 Å². The van der Waals surface area contributed by atoms with Crippen molar-refractivity contribution in [3.8, 4) is 0 Å². The zero-order chi connectivity index (χ0) is 2.71. The van der Waals surface area contributed by atoms with Crippen LogP contribution in [0.25, 0.3) is 0 Å². The summed E-state index contributed by atoms with van der Waals surface area (Å²) < 4.78 is 0. The molecule has 0 aromatic carbocycles. The van der Waals surface area contributed by atoms with Gasteiger partial charge in [0.1, 0.15) is 0 Å². The predicted octanol–water partition coefficient (Wildman–Crippen LogP) is 3.18. The fourth-order valence-electron chi connectivity index (χ4n) is 0. The molecule has 0 aliphatic rings. The first kappa shape index (κ1) is 40.7. The Morgan fingerprint density at radius 3 is 0.714 bits per heavy atom. The van der Waals surface area contributed by atoms with Gasteiger partial charge in [-0.2, -0.15) is 0 Å². The summed E-state index contributed by atoms with van der Waals surface area (Å²) in [6.07, 6.45) is 0. The van der Waals surface area contributed by atoms with E-state index in [0.717, 1.165) is 0 Å². The quantitative estimate of drug-likeness (QED) is 0.395. The van der Waals surface area contributed by atoms with Gasteiger partial charge < -0.3 is 29.7 Å². The molecule has 0 aliphatic carbocycles. The maximum atomic E-state index is 4.89. The summed E-state index contributed by atoms with van der Waals surface area (Å²) >= 11 is -0.556. The van der Waals surface area contributed by atoms with E-state index in [1.54, 1.807) is 0 Å². The minimum atomic E-state index is -0.556. The van der Waals surface area contributed by atoms with Crippen molar-refractivity contribution in [2.45, 2.75) is 0 Å². The fourth-order valence-corrected chi connectivity index (χ4v) is 0. The standard InChI is InChI=1S/4CH3.2ClH.Ti/h4*1H3;2*1H;/q4*-1;;;+6/p-2. The number of rotatable bonds is 0. The van der Waals surface area contributed by atoms with Gasteiger partial charge in [-0.3, -0.25) is 0 Å². The molecule has 0 fully saturated rings. The van der Waals surface area contributed by atoms with Crippen LogP contribution in [0, 0.1) is 29.7 Å². The van der Waals surface area contributed by atoms with Crippen molar-refractivity contribution in [2.75, 3.05) is 0 Å². The molecule has 0 atom stereocenters. The molecule has 0 spiro atoms. The topological polar surface area (TPSA) is 0 Å². The SMILES string of the molecule is [CH3-].[CH3-].[CH3-].[CH3-].[Cl][Ti+4][Cl]. The molecule has 0 saturated heterocycles. The van der Waals surface area contributed by atoms with Crippen LogP contribution in [0.1, 0.15) is 0 Å². The molecule has 0 rings (SSSR count). The first-order valence-electron chi connectivity index (χ1n) is 0.378. The number of hydrogen-bond donors (Lipinski definition) is 0. The fraction of sp³-hybridized carbons (Fsp3) is 0. The van der Waals surface area contributed by atoms with Gasteiger partial charge in [-0.05, 0) is 0 Å². The van der Waals surface area contributed by atoms with Crippen LogP contribution in [0.4, 0.5) is 0 Å². The van der Waals surface area contributed by atoms with Gasteiger partial charge in [0.25, 0.3) is 0 Å². The van der Waals surface area contributed by atoms with Gasteiger partial charge >= 0.3 is 35.6 Å². The Bertz CT molecular complexity index is 9.65. The Hall–Kier alpha value is 1.29. The van der Waals surface area contributed by atoms with Crippen molar-refractivity contribution in [1.29, 1.82) is 0 Å². The Labute approximate surface area is 65.3 Å². The minimum absolute atomic E-state index is 0. The van der Waals surface area contributed by atoms with Crippen molar-refractivity contribution < 1.29 is 17.0 Å². The molecule has 3 heteroatoms. The molecular formula is C4H12Cl2Ti. The summed E-state index contributed by atoms with van der Waals surface area (Å²) in [6, 6.07) is 0. The average Bonchev–Trinajstić information content (AvgIpc) is 0.918. The van der Waals surface area contributed by atoms with Crippen LogP contribution >= 0.6 is 18.6 Å². The molecule has 0 radical (unpaired) electrons. The van der Waals surface area contributed by atoms with Gasteiger partial charge in [0, 0.05) is 0 Å². The third kappa shape index (κ3) is 122. The summed E-state index contributed by atoms with van der Waals surface area (Å²) in [5.74, 6) is 0. The predicted molar refractivity (Wildman–Crippen MR) is 37.4 cm³/mol. The first-order valence-corrected chi connectivity index (χ1v) is 4.68. The molecule has 46 valence electrons. The van der Waals surface area contributed by atoms with Crippen molar-refractivity contribution in [3.63, 3.8) is 0 Å². The van der Waals surface area contributed by atoms with Crippen LogP contribution in [0.15, 0.2) is 0 Å². The van der Waals surface area contributed by atoms with Gasteiger partial charge in [0.2, 0.25) is 0 Å². The van der Waals surface area contributed by atoms with E-state index in [1.807, 2.05) is 0 Å². The van der Waals surface area contributed by atoms with Crippen molar-refractivity contribution in [1.82, 2.24) is 0 Å². The van der Waals surface area contributed by atoms with E-state index in [4.69, 9.17) is 18.6 Å². The van der Waals surface area contributed by atoms with Gasteiger partial charge in [0.15, 0.2) is 0 Å². The molecule has 0 nitrogen and oxygen atoms in total. The van der Waals surface area contributed by atoms with Gasteiger partial charge in [-0.25, -0.2) is 0 Å². The van der Waals surface area contributed by atoms with E-state index >= 15 is 0 Å². The summed E-state index contributed by atoms with van der Waals surface area (Å²) in [5, 5.41) is 0. The molecule has 0 bridgehead atoms. The summed E-state index contributed by atoms with van der Waals surface area (Å²) in [4.78, 5) is 0.